The van der Waals surface area contributed by atoms with Gasteiger partial charge in [-0.1, -0.05) is 28.9 Å². The molecule has 7 heteroatoms. The summed E-state index contributed by atoms with van der Waals surface area (Å²) < 4.78 is 24.5. The van der Waals surface area contributed by atoms with Crippen LogP contribution in [0.5, 0.6) is 0 Å². The Bertz CT molecular complexity index is 1340. The molecule has 6 nitrogen and oxygen atoms in total. The SMILES string of the molecule is Cc1ccc2oc3c(c(=O)c2c1)[C@@H](c1ccc(F)cc1)N(c1cc(C)on1)C3=O. The van der Waals surface area contributed by atoms with E-state index in [2.05, 4.69) is 5.16 Å². The Morgan fingerprint density at radius 2 is 1.79 bits per heavy atom. The number of carbonyl (C=O) groups is 1. The fourth-order valence-electron chi connectivity index (χ4n) is 3.75. The average Bonchev–Trinajstić information content (AvgIpc) is 3.25. The predicted octanol–water partition coefficient (Wildman–Crippen LogP) is 4.29. The lowest BCUT2D eigenvalue weighted by Crippen LogP contribution is -2.29. The van der Waals surface area contributed by atoms with Crippen LogP contribution >= 0.6 is 0 Å². The molecule has 0 saturated heterocycles. The van der Waals surface area contributed by atoms with Crippen LogP contribution in [0.15, 0.2) is 62.3 Å². The second-order valence-corrected chi connectivity index (χ2v) is 7.10. The highest BCUT2D eigenvalue weighted by atomic mass is 19.1. The Hall–Kier alpha value is -3.74. The Balaban J connectivity index is 1.83. The Kier molecular flexibility index (Phi) is 3.67. The van der Waals surface area contributed by atoms with Crippen molar-refractivity contribution in [1.82, 2.24) is 5.16 Å². The van der Waals surface area contributed by atoms with Crippen LogP contribution in [0.1, 0.15) is 39.0 Å². The molecule has 2 aromatic carbocycles. The molecule has 0 N–H and O–H groups in total. The summed E-state index contributed by atoms with van der Waals surface area (Å²) in [6.45, 7) is 3.58. The van der Waals surface area contributed by atoms with Crippen molar-refractivity contribution < 1.29 is 18.1 Å². The van der Waals surface area contributed by atoms with Crippen LogP contribution < -0.4 is 10.3 Å². The lowest BCUT2D eigenvalue weighted by Gasteiger charge is -2.22. The van der Waals surface area contributed by atoms with Crippen LogP contribution in [0, 0.1) is 19.7 Å². The molecule has 0 radical (unpaired) electrons. The zero-order valence-electron chi connectivity index (χ0n) is 15.6. The Morgan fingerprint density at radius 3 is 2.48 bits per heavy atom. The minimum atomic E-state index is -0.802. The number of hydrogen-bond donors (Lipinski definition) is 0. The molecule has 144 valence electrons. The molecule has 3 heterocycles. The van der Waals surface area contributed by atoms with Gasteiger partial charge in [0.25, 0.3) is 5.91 Å². The third-order valence-corrected chi connectivity index (χ3v) is 5.07. The number of anilines is 1. The van der Waals surface area contributed by atoms with Gasteiger partial charge in [-0.25, -0.2) is 4.39 Å². The van der Waals surface area contributed by atoms with E-state index in [1.807, 2.05) is 13.0 Å². The standard InChI is InChI=1S/C22H15FN2O4/c1-11-3-8-16-15(9-11)20(26)18-19(13-4-6-14(23)7-5-13)25(22(27)21(18)28-16)17-10-12(2)29-24-17/h3-10,19H,1-2H3/t19-/m1/s1. The van der Waals surface area contributed by atoms with Gasteiger partial charge in [0.2, 0.25) is 5.76 Å². The van der Waals surface area contributed by atoms with Crippen LogP contribution in [0.2, 0.25) is 0 Å². The van der Waals surface area contributed by atoms with Crippen molar-refractivity contribution in [3.05, 3.63) is 92.8 Å². The summed E-state index contributed by atoms with van der Waals surface area (Å²) in [5, 5.41) is 4.34. The molecule has 1 aliphatic heterocycles. The summed E-state index contributed by atoms with van der Waals surface area (Å²) in [6, 6.07) is 11.7. The van der Waals surface area contributed by atoms with Crippen molar-refractivity contribution in [2.45, 2.75) is 19.9 Å². The minimum Gasteiger partial charge on any atom is -0.450 e. The van der Waals surface area contributed by atoms with E-state index in [0.29, 0.717) is 22.3 Å². The molecule has 0 aliphatic carbocycles. The average molecular weight is 390 g/mol. The third-order valence-electron chi connectivity index (χ3n) is 5.07. The maximum absolute atomic E-state index is 13.5. The largest absolute Gasteiger partial charge is 0.450 e. The number of hydrogen-bond acceptors (Lipinski definition) is 5. The molecule has 1 amide bonds. The summed E-state index contributed by atoms with van der Waals surface area (Å²) in [6.07, 6.45) is 0. The highest BCUT2D eigenvalue weighted by Crippen LogP contribution is 2.40. The molecule has 0 saturated carbocycles. The van der Waals surface area contributed by atoms with E-state index in [1.54, 1.807) is 37.3 Å². The van der Waals surface area contributed by atoms with Crippen LogP contribution in [0.3, 0.4) is 0 Å². The van der Waals surface area contributed by atoms with Gasteiger partial charge in [0.1, 0.15) is 17.2 Å². The highest BCUT2D eigenvalue weighted by Gasteiger charge is 2.44. The van der Waals surface area contributed by atoms with Gasteiger partial charge in [-0.15, -0.1) is 0 Å². The van der Waals surface area contributed by atoms with E-state index in [1.165, 1.54) is 17.0 Å². The summed E-state index contributed by atoms with van der Waals surface area (Å²) >= 11 is 0. The van der Waals surface area contributed by atoms with E-state index in [4.69, 9.17) is 8.94 Å². The summed E-state index contributed by atoms with van der Waals surface area (Å²) in [5.74, 6) is -0.179. The highest BCUT2D eigenvalue weighted by molar-refractivity contribution is 6.10. The monoisotopic (exact) mass is 390 g/mol. The molecule has 2 aromatic heterocycles. The fraction of sp³-hybridized carbons (Fsp3) is 0.136. The number of halogens is 1. The van der Waals surface area contributed by atoms with E-state index in [9.17, 15) is 14.0 Å². The molecular weight excluding hydrogens is 375 g/mol. The van der Waals surface area contributed by atoms with E-state index < -0.39 is 17.8 Å². The van der Waals surface area contributed by atoms with Crippen molar-refractivity contribution in [3.8, 4) is 0 Å². The normalized spacial score (nSPS) is 15.9. The molecular formula is C22H15FN2O4. The number of aryl methyl sites for hydroxylation is 2. The number of aromatic nitrogens is 1. The number of fused-ring (bicyclic) bond motifs is 2. The number of carbonyl (C=O) groups excluding carboxylic acids is 1. The first-order valence-electron chi connectivity index (χ1n) is 9.04. The fourth-order valence-corrected chi connectivity index (χ4v) is 3.75. The van der Waals surface area contributed by atoms with Crippen LogP contribution in [0.25, 0.3) is 11.0 Å². The maximum atomic E-state index is 13.5. The molecule has 0 unspecified atom stereocenters. The molecule has 4 aromatic rings. The van der Waals surface area contributed by atoms with Gasteiger partial charge < -0.3 is 8.94 Å². The van der Waals surface area contributed by atoms with E-state index >= 15 is 0 Å². The molecule has 5 rings (SSSR count). The number of rotatable bonds is 2. The summed E-state index contributed by atoms with van der Waals surface area (Å²) in [5.41, 5.74) is 1.72. The molecule has 1 atom stereocenters. The first kappa shape index (κ1) is 17.4. The van der Waals surface area contributed by atoms with Crippen LogP contribution in [0.4, 0.5) is 10.2 Å². The van der Waals surface area contributed by atoms with Gasteiger partial charge in [-0.05, 0) is 43.7 Å². The molecule has 0 spiro atoms. The second-order valence-electron chi connectivity index (χ2n) is 7.10. The van der Waals surface area contributed by atoms with E-state index in [-0.39, 0.29) is 22.6 Å². The Morgan fingerprint density at radius 1 is 1.03 bits per heavy atom. The van der Waals surface area contributed by atoms with Crippen molar-refractivity contribution in [2.75, 3.05) is 4.90 Å². The quantitative estimate of drug-likeness (QED) is 0.510. The van der Waals surface area contributed by atoms with Crippen molar-refractivity contribution in [3.63, 3.8) is 0 Å². The van der Waals surface area contributed by atoms with Crippen molar-refractivity contribution in [2.24, 2.45) is 0 Å². The first-order valence-corrected chi connectivity index (χ1v) is 9.04. The van der Waals surface area contributed by atoms with Crippen molar-refractivity contribution in [1.29, 1.82) is 0 Å². The van der Waals surface area contributed by atoms with Gasteiger partial charge in [0.05, 0.1) is 17.0 Å². The van der Waals surface area contributed by atoms with Gasteiger partial charge in [-0.2, -0.15) is 0 Å². The van der Waals surface area contributed by atoms with Gasteiger partial charge in [0.15, 0.2) is 11.2 Å². The number of benzene rings is 2. The van der Waals surface area contributed by atoms with E-state index in [0.717, 1.165) is 5.56 Å². The van der Waals surface area contributed by atoms with Gasteiger partial charge in [0, 0.05) is 6.07 Å². The minimum absolute atomic E-state index is 0.0404. The summed E-state index contributed by atoms with van der Waals surface area (Å²) in [7, 11) is 0. The summed E-state index contributed by atoms with van der Waals surface area (Å²) in [4.78, 5) is 28.0. The van der Waals surface area contributed by atoms with Crippen molar-refractivity contribution >= 4 is 22.7 Å². The zero-order chi connectivity index (χ0) is 20.3. The van der Waals surface area contributed by atoms with Gasteiger partial charge in [-0.3, -0.25) is 14.5 Å². The first-order chi connectivity index (χ1) is 13.9. The lowest BCUT2D eigenvalue weighted by molar-refractivity contribution is 0.0969. The number of nitrogens with zero attached hydrogens (tertiary/aromatic N) is 2. The molecule has 0 bridgehead atoms. The molecule has 1 aliphatic rings. The van der Waals surface area contributed by atoms with Crippen LogP contribution in [-0.4, -0.2) is 11.1 Å². The lowest BCUT2D eigenvalue weighted by atomic mass is 9.98. The smallest absolute Gasteiger partial charge is 0.296 e. The second kappa shape index (κ2) is 6.13. The third kappa shape index (κ3) is 2.58. The maximum Gasteiger partial charge on any atom is 0.296 e. The Labute approximate surface area is 164 Å². The topological polar surface area (TPSA) is 76.6 Å². The molecule has 0 fully saturated rings. The van der Waals surface area contributed by atoms with Crippen LogP contribution in [-0.2, 0) is 0 Å². The van der Waals surface area contributed by atoms with Gasteiger partial charge >= 0.3 is 0 Å². The molecule has 29 heavy (non-hydrogen) atoms. The zero-order valence-corrected chi connectivity index (χ0v) is 15.6. The predicted molar refractivity (Wildman–Crippen MR) is 104 cm³/mol. The number of amides is 1.